The van der Waals surface area contributed by atoms with Crippen LogP contribution in [0.25, 0.3) is 133 Å². The van der Waals surface area contributed by atoms with Gasteiger partial charge in [-0.05, 0) is 125 Å². The van der Waals surface area contributed by atoms with Crippen molar-refractivity contribution < 1.29 is 0 Å². The van der Waals surface area contributed by atoms with E-state index in [0.717, 1.165) is 27.7 Å². The van der Waals surface area contributed by atoms with E-state index in [2.05, 4.69) is 287 Å². The third-order valence-corrected chi connectivity index (χ3v) is 17.5. The largest absolute Gasteiger partial charge is 0.310 e. The summed E-state index contributed by atoms with van der Waals surface area (Å²) in [4.78, 5) is 10.9. The number of nitrogens with zero attached hydrogens (tertiary/aromatic N) is 4. The van der Waals surface area contributed by atoms with E-state index < -0.39 is 0 Å². The normalized spacial score (nSPS) is 12.8. The lowest BCUT2D eigenvalue weighted by molar-refractivity contribution is 0.596. The summed E-state index contributed by atoms with van der Waals surface area (Å²) in [5.41, 5.74) is 26.9. The first-order chi connectivity index (χ1) is 39.5. The van der Waals surface area contributed by atoms with Crippen molar-refractivity contribution in [3.05, 3.63) is 248 Å². The van der Waals surface area contributed by atoms with Crippen LogP contribution in [0.3, 0.4) is 0 Å². The van der Waals surface area contributed by atoms with Crippen molar-refractivity contribution in [3.8, 4) is 78.5 Å². The summed E-state index contributed by atoms with van der Waals surface area (Å²) in [6, 6.07) is 87.8. The maximum Gasteiger partial charge on any atom is 0.252 e. The zero-order valence-corrected chi connectivity index (χ0v) is 46.4. The van der Waals surface area contributed by atoms with Gasteiger partial charge in [0.15, 0.2) is 5.82 Å². The number of para-hydroxylation sites is 1. The second kappa shape index (κ2) is 17.5. The van der Waals surface area contributed by atoms with Crippen molar-refractivity contribution in [2.24, 2.45) is 0 Å². The zero-order chi connectivity index (χ0) is 54.5. The maximum absolute atomic E-state index is 5.67. The van der Waals surface area contributed by atoms with Crippen LogP contribution in [0, 0.1) is 0 Å². The van der Waals surface area contributed by atoms with Gasteiger partial charge in [0.05, 0.1) is 22.2 Å². The van der Waals surface area contributed by atoms with Crippen LogP contribution in [0.15, 0.2) is 237 Å². The second-order valence-corrected chi connectivity index (χ2v) is 24.5. The van der Waals surface area contributed by atoms with Crippen LogP contribution < -0.4 is 16.4 Å². The standard InChI is InChI=1S/C76H57BN4/c1-75(2,3)57-36-38-59-72-68(57)66-55(48-28-16-9-17-29-48)40-51(46-24-12-7-13-25-46)42-62(66)80(72)64-44-53(71-54-34-22-23-35-61(54)78-74(79-71)50-32-20-11-21-33-50)45-65-70(64)77(59)60-39-37-58(76(4,5)6)69-67-56(49-30-18-10-19-31-49)41-52(47-26-14-8-15-27-47)43-63(67)81(65)73(60)69/h7-45H,1-6H3. The molecule has 0 saturated carbocycles. The van der Waals surface area contributed by atoms with Crippen LogP contribution in [0.4, 0.5) is 0 Å². The molecule has 0 atom stereocenters. The van der Waals surface area contributed by atoms with Crippen molar-refractivity contribution in [1.82, 2.24) is 19.1 Å². The van der Waals surface area contributed by atoms with E-state index in [4.69, 9.17) is 9.97 Å². The first-order valence-corrected chi connectivity index (χ1v) is 28.5. The summed E-state index contributed by atoms with van der Waals surface area (Å²) in [6.45, 7) is 14.2. The lowest BCUT2D eigenvalue weighted by atomic mass is 9.34. The van der Waals surface area contributed by atoms with Crippen LogP contribution in [-0.2, 0) is 10.8 Å². The van der Waals surface area contributed by atoms with Crippen LogP contribution in [-0.4, -0.2) is 25.8 Å². The topological polar surface area (TPSA) is 35.6 Å². The molecule has 0 aliphatic carbocycles. The molecular weight excluding hydrogens is 980 g/mol. The molecule has 2 aliphatic heterocycles. The Morgan fingerprint density at radius 3 is 1.20 bits per heavy atom. The van der Waals surface area contributed by atoms with Gasteiger partial charge in [-0.15, -0.1) is 0 Å². The molecule has 0 fully saturated rings. The molecular formula is C76H57BN4. The fourth-order valence-corrected chi connectivity index (χ4v) is 14.0. The van der Waals surface area contributed by atoms with Gasteiger partial charge in [-0.25, -0.2) is 9.97 Å². The maximum atomic E-state index is 5.67. The molecule has 5 heteroatoms. The number of benzene rings is 11. The number of fused-ring (bicyclic) bond motifs is 11. The second-order valence-electron chi connectivity index (χ2n) is 24.5. The molecule has 14 aromatic rings. The van der Waals surface area contributed by atoms with Gasteiger partial charge in [0, 0.05) is 60.5 Å². The fourth-order valence-electron chi connectivity index (χ4n) is 14.0. The highest BCUT2D eigenvalue weighted by Gasteiger charge is 2.44. The minimum atomic E-state index is -0.185. The molecule has 81 heavy (non-hydrogen) atoms. The number of rotatable bonds is 6. The first-order valence-electron chi connectivity index (χ1n) is 28.5. The molecule has 0 unspecified atom stereocenters. The minimum Gasteiger partial charge on any atom is -0.310 e. The zero-order valence-electron chi connectivity index (χ0n) is 46.4. The molecule has 384 valence electrons. The molecule has 0 bridgehead atoms. The van der Waals surface area contributed by atoms with E-state index in [0.29, 0.717) is 5.82 Å². The molecule has 3 aromatic heterocycles. The Bertz CT molecular complexity index is 4660. The lowest BCUT2D eigenvalue weighted by Crippen LogP contribution is -2.59. The summed E-state index contributed by atoms with van der Waals surface area (Å²) in [7, 11) is 0. The quantitative estimate of drug-likeness (QED) is 0.156. The predicted octanol–water partition coefficient (Wildman–Crippen LogP) is 17.6. The third-order valence-electron chi connectivity index (χ3n) is 17.5. The van der Waals surface area contributed by atoms with Crippen LogP contribution in [0.1, 0.15) is 52.7 Å². The lowest BCUT2D eigenvalue weighted by Gasteiger charge is -2.35. The number of hydrogen-bond acceptors (Lipinski definition) is 2. The van der Waals surface area contributed by atoms with Gasteiger partial charge in [-0.2, -0.15) is 0 Å². The van der Waals surface area contributed by atoms with Crippen LogP contribution >= 0.6 is 0 Å². The van der Waals surface area contributed by atoms with Gasteiger partial charge in [-0.1, -0.05) is 236 Å². The molecule has 0 saturated heterocycles. The Morgan fingerprint density at radius 2 is 0.753 bits per heavy atom. The van der Waals surface area contributed by atoms with Gasteiger partial charge in [0.1, 0.15) is 0 Å². The van der Waals surface area contributed by atoms with Gasteiger partial charge in [0.25, 0.3) is 6.71 Å². The summed E-state index contributed by atoms with van der Waals surface area (Å²) < 4.78 is 5.35. The molecule has 2 aliphatic rings. The SMILES string of the molecule is CC(C)(C)c1ccc2c3c1c1c(-c4ccccc4)cc(-c4ccccc4)cc1n3-c1cc(-c3nc(-c4ccccc4)nc4ccccc34)cc3c1B2c1ccc(C(C)(C)C)c2c4c(-c5ccccc5)cc(-c5ccccc5)cc4n-3c12. The first kappa shape index (κ1) is 47.4. The molecule has 5 heterocycles. The molecule has 11 aromatic carbocycles. The van der Waals surface area contributed by atoms with E-state index in [1.54, 1.807) is 0 Å². The average Bonchev–Trinajstić information content (AvgIpc) is 3.40. The molecule has 4 nitrogen and oxygen atoms in total. The van der Waals surface area contributed by atoms with E-state index in [1.165, 1.54) is 127 Å². The summed E-state index contributed by atoms with van der Waals surface area (Å²) >= 11 is 0. The van der Waals surface area contributed by atoms with E-state index in [1.807, 2.05) is 0 Å². The van der Waals surface area contributed by atoms with Crippen molar-refractivity contribution in [2.45, 2.75) is 52.4 Å². The smallest absolute Gasteiger partial charge is 0.252 e. The van der Waals surface area contributed by atoms with E-state index in [9.17, 15) is 0 Å². The molecule has 16 rings (SSSR count). The van der Waals surface area contributed by atoms with Crippen LogP contribution in [0.5, 0.6) is 0 Å². The van der Waals surface area contributed by atoms with E-state index in [-0.39, 0.29) is 17.5 Å². The van der Waals surface area contributed by atoms with Crippen molar-refractivity contribution in [3.63, 3.8) is 0 Å². The Kier molecular flexibility index (Phi) is 10.2. The summed E-state index contributed by atoms with van der Waals surface area (Å²) in [6.07, 6.45) is 0. The minimum absolute atomic E-state index is 0.102. The molecule has 0 radical (unpaired) electrons. The van der Waals surface area contributed by atoms with Crippen molar-refractivity contribution in [2.75, 3.05) is 0 Å². The Hall–Kier alpha value is -9.58. The highest BCUT2D eigenvalue weighted by molar-refractivity contribution is 7.00. The van der Waals surface area contributed by atoms with Crippen molar-refractivity contribution >= 4 is 77.6 Å². The Balaban J connectivity index is 1.15. The highest BCUT2D eigenvalue weighted by atomic mass is 15.0. The van der Waals surface area contributed by atoms with Gasteiger partial charge < -0.3 is 9.13 Å². The Morgan fingerprint density at radius 1 is 0.346 bits per heavy atom. The van der Waals surface area contributed by atoms with Gasteiger partial charge >= 0.3 is 0 Å². The van der Waals surface area contributed by atoms with E-state index >= 15 is 0 Å². The van der Waals surface area contributed by atoms with Gasteiger partial charge in [0.2, 0.25) is 0 Å². The predicted molar refractivity (Wildman–Crippen MR) is 343 cm³/mol. The molecule has 0 N–H and O–H groups in total. The van der Waals surface area contributed by atoms with Crippen molar-refractivity contribution in [1.29, 1.82) is 0 Å². The monoisotopic (exact) mass is 1040 g/mol. The Labute approximate surface area is 472 Å². The highest BCUT2D eigenvalue weighted by Crippen LogP contribution is 2.50. The number of aromatic nitrogens is 4. The average molecular weight is 1040 g/mol. The summed E-state index contributed by atoms with van der Waals surface area (Å²) in [5.74, 6) is 0.705. The summed E-state index contributed by atoms with van der Waals surface area (Å²) in [5, 5.41) is 6.20. The van der Waals surface area contributed by atoms with Crippen LogP contribution in [0.2, 0.25) is 0 Å². The third kappa shape index (κ3) is 7.10. The molecule has 0 amide bonds. The molecule has 0 spiro atoms. The number of hydrogen-bond donors (Lipinski definition) is 0. The fraction of sp³-hybridized carbons (Fsp3) is 0.105. The van der Waals surface area contributed by atoms with Gasteiger partial charge in [-0.3, -0.25) is 0 Å².